The van der Waals surface area contributed by atoms with Crippen molar-refractivity contribution in [2.24, 2.45) is 0 Å². The topological polar surface area (TPSA) is 88.6 Å². The molecule has 8 heteroatoms. The number of benzene rings is 2. The fourth-order valence-electron chi connectivity index (χ4n) is 3.73. The molecule has 32 heavy (non-hydrogen) atoms. The fraction of sp³-hybridized carbons (Fsp3) is 0.292. The summed E-state index contributed by atoms with van der Waals surface area (Å²) in [6, 6.07) is 17.0. The number of nitrogens with zero attached hydrogens (tertiary/aromatic N) is 3. The Balaban J connectivity index is 1.37. The van der Waals surface area contributed by atoms with E-state index in [4.69, 9.17) is 9.47 Å². The molecule has 4 rings (SSSR count). The van der Waals surface area contributed by atoms with E-state index in [1.807, 2.05) is 61.6 Å². The summed E-state index contributed by atoms with van der Waals surface area (Å²) in [5.74, 6) is 1.40. The van der Waals surface area contributed by atoms with Gasteiger partial charge >= 0.3 is 6.09 Å². The van der Waals surface area contributed by atoms with Crippen molar-refractivity contribution in [1.82, 2.24) is 14.9 Å². The maximum atomic E-state index is 12.2. The Morgan fingerprint density at radius 3 is 2.66 bits per heavy atom. The van der Waals surface area contributed by atoms with Gasteiger partial charge in [0, 0.05) is 29.5 Å². The molecule has 2 heterocycles. The van der Waals surface area contributed by atoms with Gasteiger partial charge in [-0.3, -0.25) is 5.32 Å². The molecule has 0 saturated carbocycles. The number of hydrogen-bond donors (Lipinski definition) is 2. The van der Waals surface area contributed by atoms with Crippen LogP contribution in [-0.4, -0.2) is 54.3 Å². The number of nitrogens with one attached hydrogen (secondary N) is 2. The number of amides is 1. The highest BCUT2D eigenvalue weighted by Gasteiger charge is 2.20. The highest BCUT2D eigenvalue weighted by atomic mass is 16.6. The molecule has 1 amide bonds. The summed E-state index contributed by atoms with van der Waals surface area (Å²) in [6.45, 7) is 1.81. The van der Waals surface area contributed by atoms with Crippen LogP contribution in [0.1, 0.15) is 12.8 Å². The van der Waals surface area contributed by atoms with Gasteiger partial charge in [-0.05, 0) is 62.8 Å². The zero-order valence-corrected chi connectivity index (χ0v) is 18.2. The molecule has 0 aliphatic carbocycles. The van der Waals surface area contributed by atoms with E-state index < -0.39 is 6.09 Å². The van der Waals surface area contributed by atoms with Crippen molar-refractivity contribution < 1.29 is 14.3 Å². The molecule has 1 fully saturated rings. The first kappa shape index (κ1) is 21.6. The van der Waals surface area contributed by atoms with Gasteiger partial charge in [0.05, 0.1) is 12.8 Å². The average Bonchev–Trinajstić information content (AvgIpc) is 2.80. The minimum Gasteiger partial charge on any atom is -0.496 e. The van der Waals surface area contributed by atoms with Gasteiger partial charge in [0.2, 0.25) is 0 Å². The highest BCUT2D eigenvalue weighted by molar-refractivity contribution is 5.85. The first-order valence-electron chi connectivity index (χ1n) is 10.6. The highest BCUT2D eigenvalue weighted by Crippen LogP contribution is 2.29. The maximum absolute atomic E-state index is 12.2. The Bertz CT molecular complexity index is 1060. The second-order valence-corrected chi connectivity index (χ2v) is 7.75. The van der Waals surface area contributed by atoms with Crippen LogP contribution >= 0.6 is 0 Å². The number of likely N-dealkylation sites (tertiary alicyclic amines) is 1. The van der Waals surface area contributed by atoms with E-state index in [-0.39, 0.29) is 6.10 Å². The van der Waals surface area contributed by atoms with E-state index in [2.05, 4.69) is 25.5 Å². The number of hydrogen-bond acceptors (Lipinski definition) is 7. The minimum absolute atomic E-state index is 0.0649. The first-order valence-corrected chi connectivity index (χ1v) is 10.6. The van der Waals surface area contributed by atoms with Crippen LogP contribution in [0, 0.1) is 0 Å². The lowest BCUT2D eigenvalue weighted by Gasteiger charge is -2.29. The molecule has 166 valence electrons. The molecule has 8 nitrogen and oxygen atoms in total. The summed E-state index contributed by atoms with van der Waals surface area (Å²) >= 11 is 0. The smallest absolute Gasteiger partial charge is 0.411 e. The number of para-hydroxylation sites is 1. The first-order chi connectivity index (χ1) is 15.6. The van der Waals surface area contributed by atoms with Crippen LogP contribution < -0.4 is 15.4 Å². The van der Waals surface area contributed by atoms with Gasteiger partial charge in [-0.2, -0.15) is 0 Å². The Hall–Kier alpha value is -3.65. The normalized spacial score (nSPS) is 16.2. The Labute approximate surface area is 187 Å². The van der Waals surface area contributed by atoms with E-state index >= 15 is 0 Å². The van der Waals surface area contributed by atoms with Crippen LogP contribution in [0.15, 0.2) is 60.9 Å². The predicted molar refractivity (Wildman–Crippen MR) is 124 cm³/mol. The number of aromatic nitrogens is 2. The number of anilines is 3. The van der Waals surface area contributed by atoms with Gasteiger partial charge in [0.15, 0.2) is 0 Å². The van der Waals surface area contributed by atoms with Crippen molar-refractivity contribution in [3.63, 3.8) is 0 Å². The molecule has 2 aromatic carbocycles. The van der Waals surface area contributed by atoms with Crippen molar-refractivity contribution in [3.05, 3.63) is 60.9 Å². The Kier molecular flexibility index (Phi) is 6.81. The monoisotopic (exact) mass is 433 g/mol. The van der Waals surface area contributed by atoms with Gasteiger partial charge in [-0.1, -0.05) is 12.1 Å². The second-order valence-electron chi connectivity index (χ2n) is 7.75. The van der Waals surface area contributed by atoms with Gasteiger partial charge in [-0.25, -0.2) is 14.8 Å². The van der Waals surface area contributed by atoms with Crippen LogP contribution in [0.25, 0.3) is 11.3 Å². The summed E-state index contributed by atoms with van der Waals surface area (Å²) in [6.07, 6.45) is 2.96. The number of carbonyl (C=O) groups excluding carboxylic acids is 1. The summed E-state index contributed by atoms with van der Waals surface area (Å²) < 4.78 is 11.0. The van der Waals surface area contributed by atoms with Crippen LogP contribution in [-0.2, 0) is 4.74 Å². The second kappa shape index (κ2) is 10.1. The van der Waals surface area contributed by atoms with E-state index in [9.17, 15) is 4.79 Å². The van der Waals surface area contributed by atoms with Crippen molar-refractivity contribution in [2.45, 2.75) is 18.9 Å². The Morgan fingerprint density at radius 2 is 1.88 bits per heavy atom. The Morgan fingerprint density at radius 1 is 1.09 bits per heavy atom. The summed E-state index contributed by atoms with van der Waals surface area (Å²) in [5.41, 5.74) is 3.15. The van der Waals surface area contributed by atoms with Gasteiger partial charge in [-0.15, -0.1) is 0 Å². The third kappa shape index (κ3) is 5.53. The number of ether oxygens (including phenoxy) is 2. The zero-order valence-electron chi connectivity index (χ0n) is 18.2. The van der Waals surface area contributed by atoms with Gasteiger partial charge in [0.25, 0.3) is 0 Å². The lowest BCUT2D eigenvalue weighted by atomic mass is 10.1. The molecule has 1 atom stereocenters. The van der Waals surface area contributed by atoms with E-state index in [0.29, 0.717) is 11.5 Å². The molecule has 1 saturated heterocycles. The molecule has 0 bridgehead atoms. The third-order valence-corrected chi connectivity index (χ3v) is 5.31. The van der Waals surface area contributed by atoms with Crippen LogP contribution in [0.5, 0.6) is 5.75 Å². The molecule has 0 spiro atoms. The molecule has 0 radical (unpaired) electrons. The average molecular weight is 434 g/mol. The van der Waals surface area contributed by atoms with Crippen molar-refractivity contribution in [1.29, 1.82) is 0 Å². The van der Waals surface area contributed by atoms with Gasteiger partial charge < -0.3 is 19.7 Å². The summed E-state index contributed by atoms with van der Waals surface area (Å²) in [7, 11) is 3.67. The number of carbonyl (C=O) groups is 1. The van der Waals surface area contributed by atoms with E-state index in [1.54, 1.807) is 7.11 Å². The van der Waals surface area contributed by atoms with Crippen LogP contribution in [0.3, 0.4) is 0 Å². The number of rotatable bonds is 6. The molecule has 1 aliphatic heterocycles. The largest absolute Gasteiger partial charge is 0.496 e. The number of likely N-dealkylation sites (N-methyl/N-ethyl adjacent to an activating group) is 1. The molecule has 3 aromatic rings. The third-order valence-electron chi connectivity index (χ3n) is 5.31. The summed E-state index contributed by atoms with van der Waals surface area (Å²) in [4.78, 5) is 23.0. The maximum Gasteiger partial charge on any atom is 0.411 e. The minimum atomic E-state index is -0.428. The van der Waals surface area contributed by atoms with Crippen LogP contribution in [0.4, 0.5) is 22.0 Å². The quantitative estimate of drug-likeness (QED) is 0.590. The van der Waals surface area contributed by atoms with Crippen LogP contribution in [0.2, 0.25) is 0 Å². The van der Waals surface area contributed by atoms with Gasteiger partial charge in [0.1, 0.15) is 24.0 Å². The SMILES string of the molecule is COc1ccccc1-c1cc(Nc2ccc(NC(=O)OC3CCCN(C)C3)cc2)ncn1. The number of methoxy groups -OCH3 is 1. The predicted octanol–water partition coefficient (Wildman–Crippen LogP) is 4.54. The van der Waals surface area contributed by atoms with E-state index in [0.717, 1.165) is 48.6 Å². The molecule has 1 aromatic heterocycles. The standard InChI is InChI=1S/C24H27N5O3/c1-29-13-5-6-19(15-29)32-24(30)28-18-11-9-17(10-12-18)27-23-14-21(25-16-26-23)20-7-3-4-8-22(20)31-2/h3-4,7-12,14,16,19H,5-6,13,15H2,1-2H3,(H,28,30)(H,25,26,27). The van der Waals surface area contributed by atoms with Crippen molar-refractivity contribution in [2.75, 3.05) is 37.9 Å². The van der Waals surface area contributed by atoms with Crippen molar-refractivity contribution in [3.8, 4) is 17.0 Å². The molecule has 1 aliphatic rings. The lowest BCUT2D eigenvalue weighted by Crippen LogP contribution is -2.38. The van der Waals surface area contributed by atoms with Crippen molar-refractivity contribution >= 4 is 23.3 Å². The number of piperidine rings is 1. The molecular weight excluding hydrogens is 406 g/mol. The molecule has 1 unspecified atom stereocenters. The van der Waals surface area contributed by atoms with E-state index in [1.165, 1.54) is 6.33 Å². The fourth-order valence-corrected chi connectivity index (χ4v) is 3.73. The lowest BCUT2D eigenvalue weighted by molar-refractivity contribution is 0.0593. The zero-order chi connectivity index (χ0) is 22.3. The molecular formula is C24H27N5O3. The summed E-state index contributed by atoms with van der Waals surface area (Å²) in [5, 5.41) is 6.05. The molecule has 2 N–H and O–H groups in total.